The number of alkyl halides is 1. The van der Waals surface area contributed by atoms with Crippen molar-refractivity contribution in [2.45, 2.75) is 37.1 Å². The van der Waals surface area contributed by atoms with Gasteiger partial charge < -0.3 is 25.2 Å². The Hall–Kier alpha value is -4.34. The van der Waals surface area contributed by atoms with Crippen LogP contribution in [-0.4, -0.2) is 79.8 Å². The summed E-state index contributed by atoms with van der Waals surface area (Å²) in [6.07, 6.45) is 2.19. The van der Waals surface area contributed by atoms with Gasteiger partial charge >= 0.3 is 0 Å². The smallest absolute Gasteiger partial charge is 0.253 e. The van der Waals surface area contributed by atoms with Crippen LogP contribution in [-0.2, 0) is 16.6 Å². The largest absolute Gasteiger partial charge is 0.486 e. The molecule has 3 heterocycles. The topological polar surface area (TPSA) is 154 Å². The number of benzene rings is 1. The Labute approximate surface area is 229 Å². The van der Waals surface area contributed by atoms with Crippen LogP contribution in [0.25, 0.3) is 11.3 Å². The van der Waals surface area contributed by atoms with E-state index in [1.807, 2.05) is 13.2 Å². The van der Waals surface area contributed by atoms with Crippen LogP contribution >= 0.6 is 0 Å². The van der Waals surface area contributed by atoms with Gasteiger partial charge in [0, 0.05) is 49.6 Å². The lowest BCUT2D eigenvalue weighted by molar-refractivity contribution is -0.146. The number of hydrogen-bond acceptors (Lipinski definition) is 8. The van der Waals surface area contributed by atoms with Gasteiger partial charge in [-0.25, -0.2) is 4.39 Å². The van der Waals surface area contributed by atoms with E-state index in [4.69, 9.17) is 9.84 Å². The maximum atomic E-state index is 14.8. The van der Waals surface area contributed by atoms with Gasteiger partial charge in [-0.05, 0) is 48.2 Å². The van der Waals surface area contributed by atoms with E-state index in [-0.39, 0.29) is 48.6 Å². The first-order chi connectivity index (χ1) is 19.3. The molecule has 3 aromatic rings. The summed E-state index contributed by atoms with van der Waals surface area (Å²) >= 11 is 0. The van der Waals surface area contributed by atoms with Crippen LogP contribution in [0, 0.1) is 17.2 Å². The predicted molar refractivity (Wildman–Crippen MR) is 141 cm³/mol. The highest BCUT2D eigenvalue weighted by Crippen LogP contribution is 2.47. The Bertz CT molecular complexity index is 1450. The van der Waals surface area contributed by atoms with E-state index in [0.717, 1.165) is 16.9 Å². The minimum absolute atomic E-state index is 0.0770. The highest BCUT2D eigenvalue weighted by molar-refractivity contribution is 5.95. The molecule has 1 aliphatic heterocycles. The van der Waals surface area contributed by atoms with Crippen LogP contribution < -0.4 is 10.1 Å². The number of piperidine rings is 1. The number of ether oxygens (including phenoxy) is 1. The Balaban J connectivity index is 1.23. The molecule has 11 nitrogen and oxygen atoms in total. The van der Waals surface area contributed by atoms with Crippen LogP contribution in [0.5, 0.6) is 5.75 Å². The third kappa shape index (κ3) is 5.80. The average Bonchev–Trinajstić information content (AvgIpc) is 3.66. The number of hydrogen-bond donors (Lipinski definition) is 3. The van der Waals surface area contributed by atoms with Crippen molar-refractivity contribution in [1.29, 1.82) is 5.26 Å². The lowest BCUT2D eigenvalue weighted by Crippen LogP contribution is -2.52. The minimum atomic E-state index is -1.58. The lowest BCUT2D eigenvalue weighted by atomic mass is 10.0. The van der Waals surface area contributed by atoms with Gasteiger partial charge in [0.15, 0.2) is 12.3 Å². The van der Waals surface area contributed by atoms with E-state index in [9.17, 15) is 24.3 Å². The van der Waals surface area contributed by atoms with Gasteiger partial charge in [0.2, 0.25) is 5.91 Å². The van der Waals surface area contributed by atoms with Crippen LogP contribution in [0.1, 0.15) is 29.9 Å². The van der Waals surface area contributed by atoms with Crippen LogP contribution in [0.15, 0.2) is 48.9 Å². The van der Waals surface area contributed by atoms with Gasteiger partial charge in [-0.2, -0.15) is 10.4 Å². The van der Waals surface area contributed by atoms with Crippen molar-refractivity contribution in [3.63, 3.8) is 0 Å². The van der Waals surface area contributed by atoms with Gasteiger partial charge in [0.05, 0.1) is 30.6 Å². The lowest BCUT2D eigenvalue weighted by Gasteiger charge is -2.35. The molecule has 1 saturated carbocycles. The molecule has 0 spiro atoms. The fraction of sp³-hybridized carbons (Fsp3) is 0.393. The van der Waals surface area contributed by atoms with Crippen molar-refractivity contribution in [2.24, 2.45) is 13.0 Å². The highest BCUT2D eigenvalue weighted by atomic mass is 19.1. The number of aliphatic hydroxyl groups is 2. The Morgan fingerprint density at radius 2 is 2.15 bits per heavy atom. The van der Waals surface area contributed by atoms with Crippen molar-refractivity contribution >= 4 is 17.5 Å². The number of nitriles is 1. The van der Waals surface area contributed by atoms with Crippen molar-refractivity contribution in [2.75, 3.05) is 25.0 Å². The number of carbonyl (C=O) groups excluding carboxylic acids is 2. The monoisotopic (exact) mass is 548 g/mol. The van der Waals surface area contributed by atoms with Crippen LogP contribution in [0.3, 0.4) is 0 Å². The molecule has 1 saturated heterocycles. The van der Waals surface area contributed by atoms with Gasteiger partial charge in [-0.3, -0.25) is 19.3 Å². The molecular formula is C28H29FN6O5. The number of aryl methyl sites for hydroxylation is 1. The molecule has 0 unspecified atom stereocenters. The van der Waals surface area contributed by atoms with Gasteiger partial charge in [0.1, 0.15) is 17.9 Å². The van der Waals surface area contributed by atoms with Gasteiger partial charge in [-0.15, -0.1) is 0 Å². The van der Waals surface area contributed by atoms with E-state index in [0.29, 0.717) is 16.9 Å². The molecule has 12 heteroatoms. The number of aliphatic hydroxyl groups excluding tert-OH is 2. The molecule has 2 aliphatic rings. The quantitative estimate of drug-likeness (QED) is 0.385. The fourth-order valence-corrected chi connectivity index (χ4v) is 4.93. The molecule has 2 aromatic heterocycles. The molecule has 1 aromatic carbocycles. The standard InChI is InChI=1S/C28H29FN6O5/c1-34-13-18(12-32-34)20-10-21(20)27(38)33-19-4-6-31-23(9-19)16-2-3-25(17(8-16)11-30)40-26-5-7-35(14-22(26)29)28(39)24(37)15-36/h2-4,6,8-9,12-13,20-22,24,26,36-37H,5,7,10,14-15H2,1H3,(H,31,33,38)/t20-,21+,22+,24-,26-/m0/s1. The van der Waals surface area contributed by atoms with E-state index in [2.05, 4.69) is 21.5 Å². The van der Waals surface area contributed by atoms with E-state index >= 15 is 0 Å². The number of likely N-dealkylation sites (tertiary alicyclic amines) is 1. The SMILES string of the molecule is Cn1cc([C@@H]2C[C@H]2C(=O)Nc2ccnc(-c3ccc(O[C@H]4CCN(C(=O)[C@@H](O)CO)C[C@H]4F)c(C#N)c3)c2)cn1. The number of pyridine rings is 1. The highest BCUT2D eigenvalue weighted by Gasteiger charge is 2.44. The molecule has 0 radical (unpaired) electrons. The normalized spacial score (nSPS) is 22.7. The zero-order valence-electron chi connectivity index (χ0n) is 21.8. The van der Waals surface area contributed by atoms with Gasteiger partial charge in [-0.1, -0.05) is 0 Å². The number of aromatic nitrogens is 3. The zero-order valence-corrected chi connectivity index (χ0v) is 21.8. The summed E-state index contributed by atoms with van der Waals surface area (Å²) in [7, 11) is 1.84. The summed E-state index contributed by atoms with van der Waals surface area (Å²) in [5, 5.41) is 35.4. The zero-order chi connectivity index (χ0) is 28.4. The number of halogens is 1. The summed E-state index contributed by atoms with van der Waals surface area (Å²) in [5.41, 5.74) is 2.97. The van der Waals surface area contributed by atoms with Crippen molar-refractivity contribution in [3.8, 4) is 23.1 Å². The number of amides is 2. The second kappa shape index (κ2) is 11.4. The van der Waals surface area contributed by atoms with Crippen LogP contribution in [0.4, 0.5) is 10.1 Å². The molecule has 2 amide bonds. The maximum Gasteiger partial charge on any atom is 0.253 e. The first-order valence-electron chi connectivity index (χ1n) is 13.0. The first kappa shape index (κ1) is 27.2. The molecule has 40 heavy (non-hydrogen) atoms. The summed E-state index contributed by atoms with van der Waals surface area (Å²) in [6, 6.07) is 10.4. The third-order valence-corrected chi connectivity index (χ3v) is 7.23. The number of anilines is 1. The molecule has 208 valence electrons. The van der Waals surface area contributed by atoms with E-state index in [1.165, 1.54) is 0 Å². The molecular weight excluding hydrogens is 519 g/mol. The third-order valence-electron chi connectivity index (χ3n) is 7.23. The minimum Gasteiger partial charge on any atom is -0.486 e. The Morgan fingerprint density at radius 1 is 1.32 bits per heavy atom. The van der Waals surface area contributed by atoms with E-state index in [1.54, 1.807) is 47.4 Å². The maximum absolute atomic E-state index is 14.8. The molecule has 1 aliphatic carbocycles. The number of carbonyl (C=O) groups is 2. The molecule has 0 bridgehead atoms. The van der Waals surface area contributed by atoms with Crippen molar-refractivity contribution < 1.29 is 28.9 Å². The number of nitrogens with one attached hydrogen (secondary N) is 1. The molecule has 3 N–H and O–H groups in total. The Kier molecular flexibility index (Phi) is 7.77. The van der Waals surface area contributed by atoms with Crippen molar-refractivity contribution in [3.05, 3.63) is 60.0 Å². The molecule has 2 fully saturated rings. The summed E-state index contributed by atoms with van der Waals surface area (Å²) in [5.74, 6) is -0.571. The Morgan fingerprint density at radius 3 is 2.85 bits per heavy atom. The molecule has 5 rings (SSSR count). The first-order valence-corrected chi connectivity index (χ1v) is 13.0. The average molecular weight is 549 g/mol. The predicted octanol–water partition coefficient (Wildman–Crippen LogP) is 1.77. The van der Waals surface area contributed by atoms with Gasteiger partial charge in [0.25, 0.3) is 5.91 Å². The summed E-state index contributed by atoms with van der Waals surface area (Å²) in [6.45, 7) is -0.874. The summed E-state index contributed by atoms with van der Waals surface area (Å²) < 4.78 is 22.4. The van der Waals surface area contributed by atoms with Crippen LogP contribution in [0.2, 0.25) is 0 Å². The number of nitrogens with zero attached hydrogens (tertiary/aromatic N) is 5. The summed E-state index contributed by atoms with van der Waals surface area (Å²) in [4.78, 5) is 30.4. The molecule has 5 atom stereocenters. The second-order valence-corrected chi connectivity index (χ2v) is 10.1. The fourth-order valence-electron chi connectivity index (χ4n) is 4.93. The number of rotatable bonds is 8. The van der Waals surface area contributed by atoms with Crippen molar-refractivity contribution in [1.82, 2.24) is 19.7 Å². The second-order valence-electron chi connectivity index (χ2n) is 10.1. The van der Waals surface area contributed by atoms with E-state index < -0.39 is 30.9 Å².